The maximum atomic E-state index is 12.9. The molecule has 3 aromatic rings. The van der Waals surface area contributed by atoms with E-state index in [0.29, 0.717) is 0 Å². The minimum Gasteiger partial charge on any atom is -0.370 e. The molecule has 2 N–H and O–H groups in total. The van der Waals surface area contributed by atoms with Crippen molar-refractivity contribution >= 4 is 45.2 Å². The van der Waals surface area contributed by atoms with Crippen LogP contribution in [0.1, 0.15) is 6.42 Å². The van der Waals surface area contributed by atoms with Gasteiger partial charge in [-0.15, -0.1) is 0 Å². The maximum Gasteiger partial charge on any atom is 0.237 e. The van der Waals surface area contributed by atoms with Crippen LogP contribution in [0, 0.1) is 0 Å². The standard InChI is InChI=1S/C20H19BrN4O2S/c21-15-6-8-17(9-7-15)25-13-11-23-20(25)28-14-19(27)24(12-10-18(22)26)16-4-2-1-3-5-16/h1-9,11,13H,10,12,14H2,(H2,22,26). The molecule has 0 spiro atoms. The average Bonchev–Trinajstić information content (AvgIpc) is 3.16. The Morgan fingerprint density at radius 3 is 2.50 bits per heavy atom. The Morgan fingerprint density at radius 1 is 1.11 bits per heavy atom. The number of carbonyl (C=O) groups is 2. The molecule has 0 bridgehead atoms. The Labute approximate surface area is 175 Å². The molecule has 28 heavy (non-hydrogen) atoms. The van der Waals surface area contributed by atoms with E-state index in [-0.39, 0.29) is 24.6 Å². The van der Waals surface area contributed by atoms with Crippen LogP contribution in [-0.2, 0) is 9.59 Å². The number of nitrogens with two attached hydrogens (primary N) is 1. The molecule has 0 saturated carbocycles. The van der Waals surface area contributed by atoms with Crippen molar-refractivity contribution in [3.8, 4) is 5.69 Å². The van der Waals surface area contributed by atoms with Gasteiger partial charge in [0.15, 0.2) is 5.16 Å². The molecule has 0 aliphatic heterocycles. The van der Waals surface area contributed by atoms with Crippen LogP contribution in [-0.4, -0.2) is 33.7 Å². The highest BCUT2D eigenvalue weighted by molar-refractivity contribution is 9.10. The molecule has 8 heteroatoms. The lowest BCUT2D eigenvalue weighted by molar-refractivity contribution is -0.118. The average molecular weight is 459 g/mol. The molecule has 3 rings (SSSR count). The van der Waals surface area contributed by atoms with Gasteiger partial charge in [-0.2, -0.15) is 0 Å². The largest absolute Gasteiger partial charge is 0.370 e. The number of carbonyl (C=O) groups excluding carboxylic acids is 2. The Morgan fingerprint density at radius 2 is 1.82 bits per heavy atom. The van der Waals surface area contributed by atoms with Crippen molar-refractivity contribution in [3.05, 3.63) is 71.5 Å². The Bertz CT molecular complexity index is 944. The van der Waals surface area contributed by atoms with Crippen LogP contribution in [0.15, 0.2) is 76.6 Å². The van der Waals surface area contributed by atoms with Crippen LogP contribution in [0.4, 0.5) is 5.69 Å². The van der Waals surface area contributed by atoms with E-state index in [2.05, 4.69) is 20.9 Å². The predicted molar refractivity (Wildman–Crippen MR) is 115 cm³/mol. The van der Waals surface area contributed by atoms with Gasteiger partial charge in [0.25, 0.3) is 0 Å². The molecule has 0 aliphatic carbocycles. The fourth-order valence-electron chi connectivity index (χ4n) is 2.63. The molecule has 0 aliphatic rings. The second-order valence-electron chi connectivity index (χ2n) is 5.94. The predicted octanol–water partition coefficient (Wildman–Crippen LogP) is 3.64. The lowest BCUT2D eigenvalue weighted by Crippen LogP contribution is -2.35. The summed E-state index contributed by atoms with van der Waals surface area (Å²) in [6.07, 6.45) is 3.67. The Hall–Kier alpha value is -2.58. The molecule has 144 valence electrons. The second-order valence-corrected chi connectivity index (χ2v) is 7.80. The van der Waals surface area contributed by atoms with E-state index in [9.17, 15) is 9.59 Å². The van der Waals surface area contributed by atoms with Crippen molar-refractivity contribution < 1.29 is 9.59 Å². The Kier molecular flexibility index (Phi) is 6.89. The zero-order valence-electron chi connectivity index (χ0n) is 15.0. The summed E-state index contributed by atoms with van der Waals surface area (Å²) < 4.78 is 2.93. The molecule has 1 heterocycles. The SMILES string of the molecule is NC(=O)CCN(C(=O)CSc1nccn1-c1ccc(Br)cc1)c1ccccc1. The van der Waals surface area contributed by atoms with Gasteiger partial charge < -0.3 is 10.6 Å². The highest BCUT2D eigenvalue weighted by Crippen LogP contribution is 2.23. The number of imidazole rings is 1. The molecule has 0 fully saturated rings. The number of amides is 2. The normalized spacial score (nSPS) is 10.6. The molecule has 0 unspecified atom stereocenters. The zero-order chi connectivity index (χ0) is 19.9. The highest BCUT2D eigenvalue weighted by atomic mass is 79.9. The van der Waals surface area contributed by atoms with Crippen molar-refractivity contribution in [2.45, 2.75) is 11.6 Å². The number of halogens is 1. The first-order chi connectivity index (χ1) is 13.5. The Balaban J connectivity index is 1.72. The summed E-state index contributed by atoms with van der Waals surface area (Å²) in [5.74, 6) is -0.351. The third kappa shape index (κ3) is 5.24. The van der Waals surface area contributed by atoms with Gasteiger partial charge in [-0.05, 0) is 36.4 Å². The zero-order valence-corrected chi connectivity index (χ0v) is 17.4. The lowest BCUT2D eigenvalue weighted by atomic mass is 10.2. The van der Waals surface area contributed by atoms with E-state index in [1.165, 1.54) is 11.8 Å². The van der Waals surface area contributed by atoms with Crippen molar-refractivity contribution in [2.24, 2.45) is 5.73 Å². The number of thioether (sulfide) groups is 1. The molecule has 6 nitrogen and oxygen atoms in total. The smallest absolute Gasteiger partial charge is 0.237 e. The van der Waals surface area contributed by atoms with Crippen LogP contribution in [0.3, 0.4) is 0 Å². The van der Waals surface area contributed by atoms with Crippen LogP contribution in [0.25, 0.3) is 5.69 Å². The van der Waals surface area contributed by atoms with Crippen LogP contribution < -0.4 is 10.6 Å². The molecule has 0 atom stereocenters. The summed E-state index contributed by atoms with van der Waals surface area (Å²) in [5.41, 5.74) is 6.97. The molecule has 1 aromatic heterocycles. The number of rotatable bonds is 8. The lowest BCUT2D eigenvalue weighted by Gasteiger charge is -2.22. The van der Waals surface area contributed by atoms with Crippen LogP contribution in [0.2, 0.25) is 0 Å². The summed E-state index contributed by atoms with van der Waals surface area (Å²) in [6, 6.07) is 17.1. The quantitative estimate of drug-likeness (QED) is 0.522. The summed E-state index contributed by atoms with van der Waals surface area (Å²) in [6.45, 7) is 0.250. The van der Waals surface area contributed by atoms with Crippen molar-refractivity contribution in [1.82, 2.24) is 9.55 Å². The number of hydrogen-bond acceptors (Lipinski definition) is 4. The molecule has 0 saturated heterocycles. The monoisotopic (exact) mass is 458 g/mol. The molecule has 2 amide bonds. The van der Waals surface area contributed by atoms with Crippen molar-refractivity contribution in [2.75, 3.05) is 17.2 Å². The number of nitrogens with zero attached hydrogens (tertiary/aromatic N) is 3. The van der Waals surface area contributed by atoms with Gasteiger partial charge in [0.1, 0.15) is 0 Å². The first-order valence-electron chi connectivity index (χ1n) is 8.60. The first-order valence-corrected chi connectivity index (χ1v) is 10.4. The topological polar surface area (TPSA) is 81.2 Å². The van der Waals surface area contributed by atoms with Gasteiger partial charge in [0.2, 0.25) is 11.8 Å². The first kappa shape index (κ1) is 20.2. The summed E-state index contributed by atoms with van der Waals surface area (Å²) >= 11 is 4.78. The number of benzene rings is 2. The fraction of sp³-hybridized carbons (Fsp3) is 0.150. The van der Waals surface area contributed by atoms with E-state index in [1.54, 1.807) is 11.1 Å². The number of primary amides is 1. The fourth-order valence-corrected chi connectivity index (χ4v) is 3.74. The number of para-hydroxylation sites is 1. The van der Waals surface area contributed by atoms with E-state index < -0.39 is 5.91 Å². The van der Waals surface area contributed by atoms with E-state index in [0.717, 1.165) is 21.0 Å². The van der Waals surface area contributed by atoms with E-state index >= 15 is 0 Å². The summed E-state index contributed by atoms with van der Waals surface area (Å²) in [5, 5.41) is 0.721. The van der Waals surface area contributed by atoms with Crippen LogP contribution in [0.5, 0.6) is 0 Å². The highest BCUT2D eigenvalue weighted by Gasteiger charge is 2.18. The van der Waals surface area contributed by atoms with Gasteiger partial charge >= 0.3 is 0 Å². The van der Waals surface area contributed by atoms with Gasteiger partial charge in [-0.1, -0.05) is 45.9 Å². The minimum atomic E-state index is -0.438. The minimum absolute atomic E-state index is 0.109. The van der Waals surface area contributed by atoms with Crippen molar-refractivity contribution in [3.63, 3.8) is 0 Å². The van der Waals surface area contributed by atoms with Gasteiger partial charge in [0.05, 0.1) is 5.75 Å². The van der Waals surface area contributed by atoms with E-state index in [4.69, 9.17) is 5.73 Å². The maximum absolute atomic E-state index is 12.9. The van der Waals surface area contributed by atoms with Gasteiger partial charge in [0, 0.05) is 41.2 Å². The van der Waals surface area contributed by atoms with Gasteiger partial charge in [-0.3, -0.25) is 14.2 Å². The van der Waals surface area contributed by atoms with Crippen LogP contribution >= 0.6 is 27.7 Å². The number of aromatic nitrogens is 2. The van der Waals surface area contributed by atoms with Gasteiger partial charge in [-0.25, -0.2) is 4.98 Å². The number of anilines is 1. The van der Waals surface area contributed by atoms with E-state index in [1.807, 2.05) is 65.4 Å². The number of hydrogen-bond donors (Lipinski definition) is 1. The van der Waals surface area contributed by atoms with Crippen molar-refractivity contribution in [1.29, 1.82) is 0 Å². The summed E-state index contributed by atoms with van der Waals surface area (Å²) in [7, 11) is 0. The summed E-state index contributed by atoms with van der Waals surface area (Å²) in [4.78, 5) is 30.0. The third-order valence-electron chi connectivity index (χ3n) is 3.99. The molecular weight excluding hydrogens is 440 g/mol. The third-order valence-corrected chi connectivity index (χ3v) is 5.47. The molecular formula is C20H19BrN4O2S. The molecule has 2 aromatic carbocycles. The second kappa shape index (κ2) is 9.57. The molecule has 0 radical (unpaired) electrons.